The van der Waals surface area contributed by atoms with Gasteiger partial charge in [0.05, 0.1) is 30.8 Å². The largest absolute Gasteiger partial charge is 0.465 e. The van der Waals surface area contributed by atoms with Crippen molar-refractivity contribution in [2.75, 3.05) is 55.9 Å². The molecule has 10 nitrogen and oxygen atoms in total. The molecule has 0 atom stereocenters. The highest BCUT2D eigenvalue weighted by Gasteiger charge is 2.34. The second-order valence-electron chi connectivity index (χ2n) is 10.9. The third-order valence-corrected chi connectivity index (χ3v) is 8.96. The van der Waals surface area contributed by atoms with Gasteiger partial charge in [0, 0.05) is 44.8 Å². The van der Waals surface area contributed by atoms with Crippen LogP contribution in [0, 0.1) is 11.7 Å². The third-order valence-electron chi connectivity index (χ3n) is 8.20. The number of ether oxygens (including phenoxy) is 1. The van der Waals surface area contributed by atoms with Crippen LogP contribution in [0.2, 0.25) is 0 Å². The van der Waals surface area contributed by atoms with Crippen molar-refractivity contribution in [3.63, 3.8) is 0 Å². The van der Waals surface area contributed by atoms with Crippen molar-refractivity contribution >= 4 is 33.2 Å². The molecular formula is C27H37FN6O4S. The van der Waals surface area contributed by atoms with Gasteiger partial charge in [-0.05, 0) is 62.6 Å². The van der Waals surface area contributed by atoms with Crippen LogP contribution in [-0.4, -0.2) is 87.4 Å². The lowest BCUT2D eigenvalue weighted by molar-refractivity contribution is 0.0601. The van der Waals surface area contributed by atoms with Gasteiger partial charge < -0.3 is 19.4 Å². The zero-order valence-corrected chi connectivity index (χ0v) is 23.4. The third kappa shape index (κ3) is 6.50. The Bertz CT molecular complexity index is 1280. The van der Waals surface area contributed by atoms with Crippen LogP contribution in [0.1, 0.15) is 48.9 Å². The Morgan fingerprint density at radius 2 is 1.82 bits per heavy atom. The number of piperidine rings is 1. The number of nitrogens with zero attached hydrogens (tertiary/aromatic N) is 5. The molecule has 5 rings (SSSR count). The summed E-state index contributed by atoms with van der Waals surface area (Å²) in [6.45, 7) is 4.42. The summed E-state index contributed by atoms with van der Waals surface area (Å²) in [6, 6.07) is 4.59. The molecule has 1 N–H and O–H groups in total. The molecule has 1 aliphatic carbocycles. The fraction of sp³-hybridized carbons (Fsp3) is 0.593. The van der Waals surface area contributed by atoms with Crippen molar-refractivity contribution in [1.29, 1.82) is 0 Å². The van der Waals surface area contributed by atoms with E-state index in [0.29, 0.717) is 24.2 Å². The molecule has 3 aliphatic rings. The second-order valence-corrected chi connectivity index (χ2v) is 12.6. The maximum absolute atomic E-state index is 14.0. The molecule has 3 heterocycles. The number of halogens is 1. The summed E-state index contributed by atoms with van der Waals surface area (Å²) in [4.78, 5) is 28.2. The van der Waals surface area contributed by atoms with Crippen LogP contribution < -0.4 is 14.5 Å². The van der Waals surface area contributed by atoms with Gasteiger partial charge in [0.15, 0.2) is 5.82 Å². The van der Waals surface area contributed by atoms with E-state index >= 15 is 0 Å². The number of likely N-dealkylation sites (tertiary alicyclic amines) is 1. The normalized spacial score (nSPS) is 22.9. The molecule has 2 aromatic rings. The monoisotopic (exact) mass is 560 g/mol. The lowest BCUT2D eigenvalue weighted by Crippen LogP contribution is -2.50. The number of hydrogen-bond donors (Lipinski definition) is 1. The summed E-state index contributed by atoms with van der Waals surface area (Å²) >= 11 is 0. The minimum Gasteiger partial charge on any atom is -0.465 e. The van der Waals surface area contributed by atoms with Crippen molar-refractivity contribution < 1.29 is 22.3 Å². The molecule has 2 fully saturated rings. The van der Waals surface area contributed by atoms with E-state index in [1.807, 2.05) is 4.90 Å². The molecule has 1 aromatic carbocycles. The summed E-state index contributed by atoms with van der Waals surface area (Å²) < 4.78 is 44.7. The van der Waals surface area contributed by atoms with Crippen molar-refractivity contribution in [2.24, 2.45) is 5.92 Å². The number of rotatable bonds is 7. The molecule has 212 valence electrons. The lowest BCUT2D eigenvalue weighted by atomic mass is 9.85. The minimum atomic E-state index is -3.15. The molecular weight excluding hydrogens is 523 g/mol. The van der Waals surface area contributed by atoms with Gasteiger partial charge in [-0.1, -0.05) is 0 Å². The van der Waals surface area contributed by atoms with E-state index in [1.165, 1.54) is 25.5 Å². The highest BCUT2D eigenvalue weighted by Crippen LogP contribution is 2.39. The molecule has 1 saturated heterocycles. The molecule has 39 heavy (non-hydrogen) atoms. The quantitative estimate of drug-likeness (QED) is 0.512. The van der Waals surface area contributed by atoms with Gasteiger partial charge in [0.2, 0.25) is 10.0 Å². The average Bonchev–Trinajstić information content (AvgIpc) is 2.93. The SMILES string of the molecule is COC(=O)c1cc(F)ccc1N1CCN(C2CCN(CC3CCC(NS(C)(=O)=O)CC3)CC2)c2ncncc21. The minimum absolute atomic E-state index is 0.0707. The molecule has 0 unspecified atom stereocenters. The van der Waals surface area contributed by atoms with Crippen LogP contribution in [0.25, 0.3) is 0 Å². The first-order valence-corrected chi connectivity index (χ1v) is 15.5. The van der Waals surface area contributed by atoms with Crippen LogP contribution in [0.5, 0.6) is 0 Å². The first-order chi connectivity index (χ1) is 18.7. The van der Waals surface area contributed by atoms with Crippen LogP contribution >= 0.6 is 0 Å². The van der Waals surface area contributed by atoms with Crippen molar-refractivity contribution in [3.05, 3.63) is 42.1 Å². The Morgan fingerprint density at radius 3 is 2.51 bits per heavy atom. The fourth-order valence-corrected chi connectivity index (χ4v) is 7.17. The number of anilines is 3. The van der Waals surface area contributed by atoms with Gasteiger partial charge in [0.25, 0.3) is 0 Å². The molecule has 0 spiro atoms. The van der Waals surface area contributed by atoms with E-state index in [1.54, 1.807) is 18.6 Å². The van der Waals surface area contributed by atoms with Crippen LogP contribution in [-0.2, 0) is 14.8 Å². The molecule has 1 aromatic heterocycles. The van der Waals surface area contributed by atoms with E-state index < -0.39 is 21.8 Å². The Hall–Kier alpha value is -2.83. The molecule has 12 heteroatoms. The zero-order chi connectivity index (χ0) is 27.6. The van der Waals surface area contributed by atoms with Crippen LogP contribution in [0.3, 0.4) is 0 Å². The van der Waals surface area contributed by atoms with Crippen molar-refractivity contribution in [2.45, 2.75) is 50.6 Å². The Morgan fingerprint density at radius 1 is 1.08 bits per heavy atom. The highest BCUT2D eigenvalue weighted by molar-refractivity contribution is 7.88. The maximum Gasteiger partial charge on any atom is 0.340 e. The number of sulfonamides is 1. The Kier molecular flexibility index (Phi) is 8.34. The van der Waals surface area contributed by atoms with Crippen LogP contribution in [0.15, 0.2) is 30.7 Å². The van der Waals surface area contributed by atoms with Crippen LogP contribution in [0.4, 0.5) is 21.6 Å². The van der Waals surface area contributed by atoms with Gasteiger partial charge in [0.1, 0.15) is 17.8 Å². The second kappa shape index (κ2) is 11.7. The summed E-state index contributed by atoms with van der Waals surface area (Å²) in [5.74, 6) is 0.355. The topological polar surface area (TPSA) is 108 Å². The lowest BCUT2D eigenvalue weighted by Gasteiger charge is -2.45. The van der Waals surface area contributed by atoms with E-state index in [4.69, 9.17) is 4.74 Å². The fourth-order valence-electron chi connectivity index (χ4n) is 6.33. The number of carbonyl (C=O) groups is 1. The van der Waals surface area contributed by atoms with E-state index in [9.17, 15) is 17.6 Å². The van der Waals surface area contributed by atoms with Crippen molar-refractivity contribution in [3.8, 4) is 0 Å². The first kappa shape index (κ1) is 27.7. The number of esters is 1. The molecule has 0 amide bonds. The van der Waals surface area contributed by atoms with E-state index in [-0.39, 0.29) is 11.6 Å². The molecule has 0 bridgehead atoms. The Labute approximate surface area is 229 Å². The predicted molar refractivity (Wildman–Crippen MR) is 147 cm³/mol. The van der Waals surface area contributed by atoms with E-state index in [0.717, 1.165) is 76.2 Å². The van der Waals surface area contributed by atoms with Gasteiger partial charge in [-0.25, -0.2) is 32.3 Å². The van der Waals surface area contributed by atoms with Gasteiger partial charge in [-0.3, -0.25) is 0 Å². The average molecular weight is 561 g/mol. The molecule has 2 aliphatic heterocycles. The van der Waals surface area contributed by atoms with Gasteiger partial charge >= 0.3 is 5.97 Å². The molecule has 1 saturated carbocycles. The highest BCUT2D eigenvalue weighted by atomic mass is 32.2. The number of benzene rings is 1. The molecule has 0 radical (unpaired) electrons. The number of methoxy groups -OCH3 is 1. The number of nitrogens with one attached hydrogen (secondary N) is 1. The zero-order valence-electron chi connectivity index (χ0n) is 22.6. The van der Waals surface area contributed by atoms with Gasteiger partial charge in [-0.15, -0.1) is 0 Å². The number of hydrogen-bond acceptors (Lipinski definition) is 9. The standard InChI is InChI=1S/C27H37FN6O4S/c1-38-27(35)23-15-20(28)5-8-24(23)34-14-13-33(26-25(34)16-29-18-30-26)22-9-11-32(12-10-22)17-19-3-6-21(7-4-19)31-39(2,36)37/h5,8,15-16,18-19,21-22,31H,3-4,6-7,9-14,17H2,1-2H3. The summed E-state index contributed by atoms with van der Waals surface area (Å²) in [5, 5.41) is 0. The summed E-state index contributed by atoms with van der Waals surface area (Å²) in [7, 11) is -1.86. The summed E-state index contributed by atoms with van der Waals surface area (Å²) in [5.41, 5.74) is 1.55. The Balaban J connectivity index is 1.22. The van der Waals surface area contributed by atoms with Gasteiger partial charge in [-0.2, -0.15) is 0 Å². The van der Waals surface area contributed by atoms with Crippen molar-refractivity contribution in [1.82, 2.24) is 19.6 Å². The van der Waals surface area contributed by atoms with E-state index in [2.05, 4.69) is 24.5 Å². The number of aromatic nitrogens is 2. The maximum atomic E-state index is 14.0. The summed E-state index contributed by atoms with van der Waals surface area (Å²) in [6.07, 6.45) is 10.5. The predicted octanol–water partition coefficient (Wildman–Crippen LogP) is 2.93. The number of fused-ring (bicyclic) bond motifs is 1. The number of carbonyl (C=O) groups excluding carboxylic acids is 1. The first-order valence-electron chi connectivity index (χ1n) is 13.6. The smallest absolute Gasteiger partial charge is 0.340 e.